The van der Waals surface area contributed by atoms with Crippen molar-refractivity contribution in [3.63, 3.8) is 0 Å². The number of benzene rings is 2. The quantitative estimate of drug-likeness (QED) is 0.911. The normalized spacial score (nSPS) is 17.9. The van der Waals surface area contributed by atoms with E-state index >= 15 is 0 Å². The number of nitrogens with one attached hydrogen (secondary N) is 1. The second kappa shape index (κ2) is 6.27. The highest BCUT2D eigenvalue weighted by Gasteiger charge is 2.19. The van der Waals surface area contributed by atoms with E-state index in [4.69, 9.17) is 4.74 Å². The van der Waals surface area contributed by atoms with E-state index < -0.39 is 0 Å². The fourth-order valence-corrected chi connectivity index (χ4v) is 2.84. The van der Waals surface area contributed by atoms with Gasteiger partial charge in [0, 0.05) is 6.04 Å². The Morgan fingerprint density at radius 2 is 2.05 bits per heavy atom. The van der Waals surface area contributed by atoms with Gasteiger partial charge in [-0.25, -0.2) is 4.39 Å². The smallest absolute Gasteiger partial charge is 0.165 e. The molecule has 2 aromatic carbocycles. The van der Waals surface area contributed by atoms with Gasteiger partial charge in [-0.1, -0.05) is 36.4 Å². The summed E-state index contributed by atoms with van der Waals surface area (Å²) >= 11 is 0. The molecular formula is C18H20FNO. The van der Waals surface area contributed by atoms with Crippen LogP contribution in [0.3, 0.4) is 0 Å². The Bertz CT molecular complexity index is 583. The minimum atomic E-state index is -0.269. The Morgan fingerprint density at radius 3 is 2.71 bits per heavy atom. The second-order valence-electron chi connectivity index (χ2n) is 5.57. The van der Waals surface area contributed by atoms with Gasteiger partial charge in [-0.3, -0.25) is 0 Å². The molecule has 1 saturated heterocycles. The molecule has 0 radical (unpaired) electrons. The molecule has 2 nitrogen and oxygen atoms in total. The van der Waals surface area contributed by atoms with Gasteiger partial charge < -0.3 is 10.1 Å². The maximum absolute atomic E-state index is 14.3. The zero-order valence-electron chi connectivity index (χ0n) is 12.2. The van der Waals surface area contributed by atoms with E-state index in [2.05, 4.69) is 5.32 Å². The van der Waals surface area contributed by atoms with E-state index in [0.717, 1.165) is 36.1 Å². The van der Waals surface area contributed by atoms with Gasteiger partial charge in [-0.15, -0.1) is 0 Å². The van der Waals surface area contributed by atoms with Crippen LogP contribution in [0.2, 0.25) is 0 Å². The fourth-order valence-electron chi connectivity index (χ4n) is 2.84. The molecule has 1 aliphatic heterocycles. The first kappa shape index (κ1) is 14.1. The van der Waals surface area contributed by atoms with Crippen LogP contribution in [0.5, 0.6) is 5.75 Å². The lowest BCUT2D eigenvalue weighted by Gasteiger charge is -2.15. The molecule has 110 valence electrons. The third kappa shape index (κ3) is 3.24. The molecule has 1 N–H and O–H groups in total. The molecular weight excluding hydrogens is 265 g/mol. The zero-order chi connectivity index (χ0) is 14.7. The lowest BCUT2D eigenvalue weighted by atomic mass is 10.0. The number of rotatable bonds is 4. The zero-order valence-corrected chi connectivity index (χ0v) is 12.2. The minimum Gasteiger partial charge on any atom is -0.486 e. The molecule has 1 fully saturated rings. The van der Waals surface area contributed by atoms with Crippen molar-refractivity contribution in [2.45, 2.75) is 32.4 Å². The van der Waals surface area contributed by atoms with Gasteiger partial charge in [0.15, 0.2) is 11.6 Å². The van der Waals surface area contributed by atoms with Crippen LogP contribution in [0.25, 0.3) is 0 Å². The van der Waals surface area contributed by atoms with Gasteiger partial charge in [0.05, 0.1) is 0 Å². The molecule has 1 atom stereocenters. The van der Waals surface area contributed by atoms with Gasteiger partial charge in [-0.05, 0) is 49.1 Å². The van der Waals surface area contributed by atoms with Crippen molar-refractivity contribution >= 4 is 0 Å². The number of halogens is 1. The summed E-state index contributed by atoms with van der Waals surface area (Å²) in [6.07, 6.45) is 2.22. The van der Waals surface area contributed by atoms with Crippen molar-refractivity contribution in [3.8, 4) is 5.75 Å². The average Bonchev–Trinajstić information content (AvgIpc) is 3.01. The molecule has 21 heavy (non-hydrogen) atoms. The molecule has 1 aliphatic rings. The van der Waals surface area contributed by atoms with E-state index in [1.54, 1.807) is 6.07 Å². The first-order chi connectivity index (χ1) is 10.2. The summed E-state index contributed by atoms with van der Waals surface area (Å²) in [4.78, 5) is 0. The van der Waals surface area contributed by atoms with Crippen molar-refractivity contribution < 1.29 is 9.13 Å². The van der Waals surface area contributed by atoms with Gasteiger partial charge in [0.1, 0.15) is 6.61 Å². The van der Waals surface area contributed by atoms with Crippen LogP contribution in [-0.4, -0.2) is 6.54 Å². The highest BCUT2D eigenvalue weighted by atomic mass is 19.1. The SMILES string of the molecule is Cc1cc(C2CCCN2)cc(F)c1OCc1ccccc1. The molecule has 0 spiro atoms. The van der Waals surface area contributed by atoms with E-state index in [0.29, 0.717) is 12.4 Å². The molecule has 2 aromatic rings. The average molecular weight is 285 g/mol. The Labute approximate surface area is 125 Å². The standard InChI is InChI=1S/C18H20FNO/c1-13-10-15(17-8-5-9-20-17)11-16(19)18(13)21-12-14-6-3-2-4-7-14/h2-4,6-7,10-11,17,20H,5,8-9,12H2,1H3. The molecule has 1 unspecified atom stereocenters. The van der Waals surface area contributed by atoms with Crippen LogP contribution in [-0.2, 0) is 6.61 Å². The minimum absolute atomic E-state index is 0.269. The topological polar surface area (TPSA) is 21.3 Å². The molecule has 0 saturated carbocycles. The largest absolute Gasteiger partial charge is 0.486 e. The molecule has 3 heteroatoms. The number of aryl methyl sites for hydroxylation is 1. The predicted octanol–water partition coefficient (Wildman–Crippen LogP) is 4.14. The molecule has 3 rings (SSSR count). The van der Waals surface area contributed by atoms with Crippen molar-refractivity contribution in [2.75, 3.05) is 6.54 Å². The van der Waals surface area contributed by atoms with Crippen LogP contribution < -0.4 is 10.1 Å². The summed E-state index contributed by atoms with van der Waals surface area (Å²) in [7, 11) is 0. The van der Waals surface area contributed by atoms with Crippen LogP contribution in [0.15, 0.2) is 42.5 Å². The molecule has 0 aliphatic carbocycles. The summed E-state index contributed by atoms with van der Waals surface area (Å²) < 4.78 is 20.0. The number of hydrogen-bond donors (Lipinski definition) is 1. The molecule has 0 amide bonds. The van der Waals surface area contributed by atoms with Gasteiger partial charge >= 0.3 is 0 Å². The van der Waals surface area contributed by atoms with E-state index in [1.165, 1.54) is 0 Å². The maximum atomic E-state index is 14.3. The Hall–Kier alpha value is -1.87. The van der Waals surface area contributed by atoms with E-state index in [-0.39, 0.29) is 11.9 Å². The summed E-state index contributed by atoms with van der Waals surface area (Å²) in [5.41, 5.74) is 2.92. The Morgan fingerprint density at radius 1 is 1.24 bits per heavy atom. The first-order valence-corrected chi connectivity index (χ1v) is 7.44. The highest BCUT2D eigenvalue weighted by Crippen LogP contribution is 2.30. The van der Waals surface area contributed by atoms with Crippen LogP contribution in [0.1, 0.15) is 35.6 Å². The van der Waals surface area contributed by atoms with Crippen LogP contribution in [0.4, 0.5) is 4.39 Å². The van der Waals surface area contributed by atoms with Crippen molar-refractivity contribution in [1.29, 1.82) is 0 Å². The van der Waals surface area contributed by atoms with Crippen LogP contribution in [0, 0.1) is 12.7 Å². The summed E-state index contributed by atoms with van der Waals surface area (Å²) in [6.45, 7) is 3.30. The number of hydrogen-bond acceptors (Lipinski definition) is 2. The van der Waals surface area contributed by atoms with Gasteiger partial charge in [-0.2, -0.15) is 0 Å². The van der Waals surface area contributed by atoms with Crippen LogP contribution >= 0.6 is 0 Å². The van der Waals surface area contributed by atoms with Gasteiger partial charge in [0.25, 0.3) is 0 Å². The Balaban J connectivity index is 1.76. The monoisotopic (exact) mass is 285 g/mol. The first-order valence-electron chi connectivity index (χ1n) is 7.44. The number of ether oxygens (including phenoxy) is 1. The third-order valence-electron chi connectivity index (χ3n) is 3.94. The van der Waals surface area contributed by atoms with Crippen molar-refractivity contribution in [2.24, 2.45) is 0 Å². The second-order valence-corrected chi connectivity index (χ2v) is 5.57. The van der Waals surface area contributed by atoms with E-state index in [1.807, 2.05) is 43.3 Å². The molecule has 0 aromatic heterocycles. The summed E-state index contributed by atoms with van der Waals surface area (Å²) in [5.74, 6) is 0.0928. The summed E-state index contributed by atoms with van der Waals surface area (Å²) in [6, 6.07) is 13.7. The lowest BCUT2D eigenvalue weighted by molar-refractivity contribution is 0.287. The summed E-state index contributed by atoms with van der Waals surface area (Å²) in [5, 5.41) is 3.40. The molecule has 1 heterocycles. The highest BCUT2D eigenvalue weighted by molar-refractivity contribution is 5.39. The van der Waals surface area contributed by atoms with E-state index in [9.17, 15) is 4.39 Å². The predicted molar refractivity (Wildman–Crippen MR) is 81.9 cm³/mol. The van der Waals surface area contributed by atoms with Gasteiger partial charge in [0.2, 0.25) is 0 Å². The molecule has 0 bridgehead atoms. The van der Waals surface area contributed by atoms with Crippen molar-refractivity contribution in [3.05, 3.63) is 65.0 Å². The Kier molecular flexibility index (Phi) is 4.20. The fraction of sp³-hybridized carbons (Fsp3) is 0.333. The van der Waals surface area contributed by atoms with Crippen molar-refractivity contribution in [1.82, 2.24) is 5.32 Å². The third-order valence-corrected chi connectivity index (χ3v) is 3.94. The lowest BCUT2D eigenvalue weighted by Crippen LogP contribution is -2.13. The maximum Gasteiger partial charge on any atom is 0.165 e.